The summed E-state index contributed by atoms with van der Waals surface area (Å²) in [6.07, 6.45) is 2.48. The first-order valence-electron chi connectivity index (χ1n) is 9.13. The van der Waals surface area contributed by atoms with Crippen molar-refractivity contribution in [1.82, 2.24) is 5.32 Å². The zero-order valence-electron chi connectivity index (χ0n) is 14.4. The molecule has 1 atom stereocenters. The van der Waals surface area contributed by atoms with Crippen molar-refractivity contribution in [3.63, 3.8) is 0 Å². The molecule has 130 valence electrons. The summed E-state index contributed by atoms with van der Waals surface area (Å²) in [7, 11) is 0. The maximum Gasteiger partial charge on any atom is 0.253 e. The minimum atomic E-state index is -0.461. The van der Waals surface area contributed by atoms with Crippen LogP contribution in [0, 0.1) is 0 Å². The Balaban J connectivity index is 1.28. The van der Waals surface area contributed by atoms with Gasteiger partial charge in [0.1, 0.15) is 0 Å². The fourth-order valence-electron chi connectivity index (χ4n) is 3.82. The highest BCUT2D eigenvalue weighted by Gasteiger charge is 2.26. The summed E-state index contributed by atoms with van der Waals surface area (Å²) in [5.74, 6) is -0.0195. The number of rotatable bonds is 5. The number of nitrogens with one attached hydrogen (secondary N) is 1. The first kappa shape index (κ1) is 16.2. The van der Waals surface area contributed by atoms with Gasteiger partial charge in [-0.05, 0) is 42.0 Å². The Bertz CT molecular complexity index is 759. The molecule has 2 heterocycles. The van der Waals surface area contributed by atoms with Crippen molar-refractivity contribution in [1.29, 1.82) is 0 Å². The maximum atomic E-state index is 12.5. The van der Waals surface area contributed by atoms with Gasteiger partial charge in [-0.1, -0.05) is 42.5 Å². The zero-order valence-corrected chi connectivity index (χ0v) is 14.4. The Hall–Kier alpha value is -2.33. The molecule has 0 aromatic heterocycles. The Morgan fingerprint density at radius 2 is 1.88 bits per heavy atom. The van der Waals surface area contributed by atoms with Crippen molar-refractivity contribution in [3.05, 3.63) is 65.2 Å². The molecule has 2 aliphatic rings. The molecular formula is C21H24N2O2. The van der Waals surface area contributed by atoms with E-state index in [1.807, 2.05) is 18.2 Å². The van der Waals surface area contributed by atoms with Crippen LogP contribution in [-0.2, 0) is 22.4 Å². The number of benzene rings is 2. The van der Waals surface area contributed by atoms with Crippen molar-refractivity contribution >= 4 is 11.6 Å². The Kier molecular flexibility index (Phi) is 4.70. The van der Waals surface area contributed by atoms with Crippen LogP contribution in [0.5, 0.6) is 0 Å². The van der Waals surface area contributed by atoms with Gasteiger partial charge in [-0.15, -0.1) is 0 Å². The molecule has 2 aromatic rings. The quantitative estimate of drug-likeness (QED) is 0.854. The average molecular weight is 336 g/mol. The standard InChI is InChI=1S/C21H24N2O2/c24-21(20-18-8-3-1-6-16(18)11-15-25-20)22-12-5-13-23-14-10-17-7-2-4-9-19(17)23/h1-4,6-9,20H,5,10-15H2,(H,22,24). The van der Waals surface area contributed by atoms with Crippen LogP contribution in [0.4, 0.5) is 5.69 Å². The monoisotopic (exact) mass is 336 g/mol. The third-order valence-electron chi connectivity index (χ3n) is 5.12. The summed E-state index contributed by atoms with van der Waals surface area (Å²) >= 11 is 0. The predicted molar refractivity (Wildman–Crippen MR) is 98.8 cm³/mol. The maximum absolute atomic E-state index is 12.5. The number of amides is 1. The lowest BCUT2D eigenvalue weighted by molar-refractivity contribution is -0.134. The van der Waals surface area contributed by atoms with E-state index in [1.54, 1.807) is 0 Å². The van der Waals surface area contributed by atoms with E-state index in [4.69, 9.17) is 4.74 Å². The van der Waals surface area contributed by atoms with E-state index in [1.165, 1.54) is 16.8 Å². The summed E-state index contributed by atoms with van der Waals surface area (Å²) in [6, 6.07) is 16.7. The smallest absolute Gasteiger partial charge is 0.253 e. The van der Waals surface area contributed by atoms with Crippen LogP contribution in [0.3, 0.4) is 0 Å². The van der Waals surface area contributed by atoms with Crippen LogP contribution < -0.4 is 10.2 Å². The second-order valence-electron chi connectivity index (χ2n) is 6.71. The third-order valence-corrected chi connectivity index (χ3v) is 5.12. The molecule has 1 unspecified atom stereocenters. The highest BCUT2D eigenvalue weighted by Crippen LogP contribution is 2.28. The number of carbonyl (C=O) groups excluding carboxylic acids is 1. The number of anilines is 1. The van der Waals surface area contributed by atoms with Crippen LogP contribution in [0.25, 0.3) is 0 Å². The first-order chi connectivity index (χ1) is 12.3. The number of nitrogens with zero attached hydrogens (tertiary/aromatic N) is 1. The molecule has 2 aromatic carbocycles. The molecule has 4 nitrogen and oxygen atoms in total. The van der Waals surface area contributed by atoms with Crippen molar-refractivity contribution in [3.8, 4) is 0 Å². The molecule has 0 radical (unpaired) electrons. The van der Waals surface area contributed by atoms with E-state index in [-0.39, 0.29) is 5.91 Å². The SMILES string of the molecule is O=C(NCCCN1CCc2ccccc21)C1OCCc2ccccc21. The molecule has 4 rings (SSSR count). The third kappa shape index (κ3) is 3.40. The highest BCUT2D eigenvalue weighted by atomic mass is 16.5. The first-order valence-corrected chi connectivity index (χ1v) is 9.13. The van der Waals surface area contributed by atoms with Gasteiger partial charge in [0.2, 0.25) is 0 Å². The van der Waals surface area contributed by atoms with Gasteiger partial charge in [-0.2, -0.15) is 0 Å². The van der Waals surface area contributed by atoms with Crippen molar-refractivity contribution in [2.24, 2.45) is 0 Å². The van der Waals surface area contributed by atoms with Crippen LogP contribution in [-0.4, -0.2) is 32.1 Å². The Labute approximate surface area is 148 Å². The van der Waals surface area contributed by atoms with E-state index in [9.17, 15) is 4.79 Å². The van der Waals surface area contributed by atoms with Crippen LogP contribution in [0.2, 0.25) is 0 Å². The summed E-state index contributed by atoms with van der Waals surface area (Å²) in [5, 5.41) is 3.05. The van der Waals surface area contributed by atoms with E-state index < -0.39 is 6.10 Å². The van der Waals surface area contributed by atoms with Crippen LogP contribution in [0.15, 0.2) is 48.5 Å². The number of carbonyl (C=O) groups is 1. The van der Waals surface area contributed by atoms with Gasteiger partial charge in [-0.3, -0.25) is 4.79 Å². The summed E-state index contributed by atoms with van der Waals surface area (Å²) in [5.41, 5.74) is 5.01. The van der Waals surface area contributed by atoms with Gasteiger partial charge in [0.05, 0.1) is 6.61 Å². The molecule has 0 saturated heterocycles. The molecule has 4 heteroatoms. The van der Waals surface area contributed by atoms with E-state index in [0.29, 0.717) is 13.2 Å². The van der Waals surface area contributed by atoms with Gasteiger partial charge in [0.25, 0.3) is 5.91 Å². The second kappa shape index (κ2) is 7.28. The average Bonchev–Trinajstić information content (AvgIpc) is 3.08. The Morgan fingerprint density at radius 1 is 1.08 bits per heavy atom. The minimum absolute atomic E-state index is 0.0195. The molecular weight excluding hydrogens is 312 g/mol. The van der Waals surface area contributed by atoms with Gasteiger partial charge in [0, 0.05) is 25.3 Å². The van der Waals surface area contributed by atoms with Crippen molar-refractivity contribution < 1.29 is 9.53 Å². The fraction of sp³-hybridized carbons (Fsp3) is 0.381. The number of hydrogen-bond donors (Lipinski definition) is 1. The van der Waals surface area contributed by atoms with E-state index >= 15 is 0 Å². The summed E-state index contributed by atoms with van der Waals surface area (Å²) in [6.45, 7) is 3.34. The van der Waals surface area contributed by atoms with Crippen LogP contribution in [0.1, 0.15) is 29.2 Å². The van der Waals surface area contributed by atoms with Crippen molar-refractivity contribution in [2.75, 3.05) is 31.1 Å². The molecule has 1 amide bonds. The van der Waals surface area contributed by atoms with Gasteiger partial charge in [-0.25, -0.2) is 0 Å². The lowest BCUT2D eigenvalue weighted by Gasteiger charge is -2.25. The number of para-hydroxylation sites is 1. The number of fused-ring (bicyclic) bond motifs is 2. The number of hydrogen-bond acceptors (Lipinski definition) is 3. The molecule has 0 fully saturated rings. The molecule has 0 aliphatic carbocycles. The second-order valence-corrected chi connectivity index (χ2v) is 6.71. The highest BCUT2D eigenvalue weighted by molar-refractivity contribution is 5.82. The van der Waals surface area contributed by atoms with Gasteiger partial charge < -0.3 is 15.0 Å². The lowest BCUT2D eigenvalue weighted by Crippen LogP contribution is -2.35. The molecule has 2 aliphatic heterocycles. The topological polar surface area (TPSA) is 41.6 Å². The Morgan fingerprint density at radius 3 is 2.80 bits per heavy atom. The van der Waals surface area contributed by atoms with Crippen molar-refractivity contribution in [2.45, 2.75) is 25.4 Å². The van der Waals surface area contributed by atoms with Crippen LogP contribution >= 0.6 is 0 Å². The molecule has 0 bridgehead atoms. The van der Waals surface area contributed by atoms with Gasteiger partial charge >= 0.3 is 0 Å². The minimum Gasteiger partial charge on any atom is -0.371 e. The van der Waals surface area contributed by atoms with E-state index in [0.717, 1.165) is 37.9 Å². The fourth-order valence-corrected chi connectivity index (χ4v) is 3.82. The normalized spacial score (nSPS) is 18.6. The molecule has 25 heavy (non-hydrogen) atoms. The largest absolute Gasteiger partial charge is 0.371 e. The van der Waals surface area contributed by atoms with Gasteiger partial charge in [0.15, 0.2) is 6.10 Å². The number of ether oxygens (including phenoxy) is 1. The van der Waals surface area contributed by atoms with E-state index in [2.05, 4.69) is 40.5 Å². The predicted octanol–water partition coefficient (Wildman–Crippen LogP) is 2.87. The molecule has 1 N–H and O–H groups in total. The summed E-state index contributed by atoms with van der Waals surface area (Å²) in [4.78, 5) is 14.9. The summed E-state index contributed by atoms with van der Waals surface area (Å²) < 4.78 is 5.72. The zero-order chi connectivity index (χ0) is 17.1. The lowest BCUT2D eigenvalue weighted by atomic mass is 9.97. The molecule has 0 saturated carbocycles. The molecule has 0 spiro atoms.